The Morgan fingerprint density at radius 2 is 2.00 bits per heavy atom. The first-order valence-electron chi connectivity index (χ1n) is 6.41. The minimum atomic E-state index is -1.00. The van der Waals surface area contributed by atoms with Crippen LogP contribution in [0.1, 0.15) is 29.0 Å². The van der Waals surface area contributed by atoms with E-state index < -0.39 is 5.97 Å². The second-order valence-corrected chi connectivity index (χ2v) is 5.04. The van der Waals surface area contributed by atoms with Gasteiger partial charge in [0.05, 0.1) is 6.04 Å². The molecule has 1 aromatic carbocycles. The number of aliphatic carboxylic acids is 1. The van der Waals surface area contributed by atoms with Crippen LogP contribution < -0.4 is 5.32 Å². The van der Waals surface area contributed by atoms with Crippen LogP contribution in [0.2, 0.25) is 5.02 Å². The lowest BCUT2D eigenvalue weighted by atomic mass is 10.1. The standard InChI is InChI=1S/C15H15ClN2O3/c1-10(11-5-2-3-6-12(11)16)17-15(21)13-7-4-8-18(13)9-14(19)20/h2-8,10H,9H2,1H3,(H,17,21)(H,19,20). The number of amides is 1. The molecule has 0 saturated heterocycles. The molecule has 1 unspecified atom stereocenters. The van der Waals surface area contributed by atoms with Crippen molar-refractivity contribution in [1.29, 1.82) is 0 Å². The second-order valence-electron chi connectivity index (χ2n) is 4.63. The van der Waals surface area contributed by atoms with Crippen molar-refractivity contribution in [3.63, 3.8) is 0 Å². The molecule has 0 spiro atoms. The van der Waals surface area contributed by atoms with Gasteiger partial charge in [-0.3, -0.25) is 9.59 Å². The molecular weight excluding hydrogens is 292 g/mol. The fraction of sp³-hybridized carbons (Fsp3) is 0.200. The Kier molecular flexibility index (Phi) is 4.65. The van der Waals surface area contributed by atoms with Gasteiger partial charge in [0, 0.05) is 11.2 Å². The highest BCUT2D eigenvalue weighted by molar-refractivity contribution is 6.31. The first kappa shape index (κ1) is 15.1. The van der Waals surface area contributed by atoms with Crippen molar-refractivity contribution in [2.24, 2.45) is 0 Å². The Hall–Kier alpha value is -2.27. The number of nitrogens with zero attached hydrogens (tertiary/aromatic N) is 1. The molecule has 2 N–H and O–H groups in total. The molecule has 0 fully saturated rings. The third-order valence-corrected chi connectivity index (χ3v) is 3.43. The molecule has 2 aromatic rings. The van der Waals surface area contributed by atoms with E-state index in [9.17, 15) is 9.59 Å². The number of halogens is 1. The summed E-state index contributed by atoms with van der Waals surface area (Å²) in [4.78, 5) is 23.0. The molecule has 0 saturated carbocycles. The molecule has 1 heterocycles. The summed E-state index contributed by atoms with van der Waals surface area (Å²) in [7, 11) is 0. The van der Waals surface area contributed by atoms with Crippen LogP contribution in [0.5, 0.6) is 0 Å². The monoisotopic (exact) mass is 306 g/mol. The lowest BCUT2D eigenvalue weighted by molar-refractivity contribution is -0.137. The molecule has 0 aliphatic rings. The van der Waals surface area contributed by atoms with Gasteiger partial charge in [0.2, 0.25) is 0 Å². The van der Waals surface area contributed by atoms with Gasteiger partial charge < -0.3 is 15.0 Å². The smallest absolute Gasteiger partial charge is 0.323 e. The highest BCUT2D eigenvalue weighted by atomic mass is 35.5. The highest BCUT2D eigenvalue weighted by Crippen LogP contribution is 2.22. The van der Waals surface area contributed by atoms with Crippen LogP contribution in [0.3, 0.4) is 0 Å². The van der Waals surface area contributed by atoms with Crippen LogP contribution >= 0.6 is 11.6 Å². The topological polar surface area (TPSA) is 71.3 Å². The summed E-state index contributed by atoms with van der Waals surface area (Å²) in [5, 5.41) is 12.2. The summed E-state index contributed by atoms with van der Waals surface area (Å²) in [6.45, 7) is 1.57. The fourth-order valence-electron chi connectivity index (χ4n) is 2.08. The van der Waals surface area contributed by atoms with Gasteiger partial charge in [-0.1, -0.05) is 29.8 Å². The van der Waals surface area contributed by atoms with Gasteiger partial charge in [-0.05, 0) is 30.7 Å². The van der Waals surface area contributed by atoms with Gasteiger partial charge in [-0.25, -0.2) is 0 Å². The molecular formula is C15H15ClN2O3. The van der Waals surface area contributed by atoms with Gasteiger partial charge in [-0.15, -0.1) is 0 Å². The van der Waals surface area contributed by atoms with Crippen molar-refractivity contribution < 1.29 is 14.7 Å². The van der Waals surface area contributed by atoms with E-state index in [1.807, 2.05) is 25.1 Å². The van der Waals surface area contributed by atoms with E-state index in [0.717, 1.165) is 5.56 Å². The predicted octanol–water partition coefficient (Wildman–Crippen LogP) is 2.72. The number of nitrogens with one attached hydrogen (secondary N) is 1. The molecule has 1 atom stereocenters. The lowest BCUT2D eigenvalue weighted by Gasteiger charge is -2.16. The SMILES string of the molecule is CC(NC(=O)c1cccn1CC(=O)O)c1ccccc1Cl. The number of carbonyl (C=O) groups excluding carboxylic acids is 1. The van der Waals surface area contributed by atoms with Crippen molar-refractivity contribution >= 4 is 23.5 Å². The largest absolute Gasteiger partial charge is 0.480 e. The zero-order chi connectivity index (χ0) is 15.4. The van der Waals surface area contributed by atoms with Crippen LogP contribution in [-0.4, -0.2) is 21.6 Å². The van der Waals surface area contributed by atoms with Gasteiger partial charge in [0.15, 0.2) is 0 Å². The Morgan fingerprint density at radius 3 is 2.67 bits per heavy atom. The normalized spacial score (nSPS) is 11.9. The highest BCUT2D eigenvalue weighted by Gasteiger charge is 2.17. The molecule has 5 nitrogen and oxygen atoms in total. The first-order valence-corrected chi connectivity index (χ1v) is 6.79. The van der Waals surface area contributed by atoms with E-state index in [1.165, 1.54) is 4.57 Å². The van der Waals surface area contributed by atoms with Crippen LogP contribution in [0.25, 0.3) is 0 Å². The number of carboxylic acid groups (broad SMARTS) is 1. The molecule has 110 valence electrons. The van der Waals surface area contributed by atoms with Crippen molar-refractivity contribution in [1.82, 2.24) is 9.88 Å². The maximum atomic E-state index is 12.2. The zero-order valence-corrected chi connectivity index (χ0v) is 12.2. The summed E-state index contributed by atoms with van der Waals surface area (Å²) < 4.78 is 1.39. The fourth-order valence-corrected chi connectivity index (χ4v) is 2.38. The second kappa shape index (κ2) is 6.45. The number of aromatic nitrogens is 1. The molecule has 0 radical (unpaired) electrons. The van der Waals surface area contributed by atoms with Crippen LogP contribution in [0.15, 0.2) is 42.6 Å². The molecule has 0 aliphatic carbocycles. The maximum Gasteiger partial charge on any atom is 0.323 e. The van der Waals surface area contributed by atoms with Gasteiger partial charge in [-0.2, -0.15) is 0 Å². The minimum absolute atomic E-state index is 0.254. The van der Waals surface area contributed by atoms with E-state index in [1.54, 1.807) is 24.4 Å². The Bertz CT molecular complexity index is 666. The van der Waals surface area contributed by atoms with E-state index in [0.29, 0.717) is 10.7 Å². The molecule has 21 heavy (non-hydrogen) atoms. The number of carbonyl (C=O) groups is 2. The van der Waals surface area contributed by atoms with Crippen molar-refractivity contribution in [3.8, 4) is 0 Å². The third kappa shape index (κ3) is 3.64. The molecule has 2 rings (SSSR count). The van der Waals surface area contributed by atoms with Gasteiger partial charge in [0.1, 0.15) is 12.2 Å². The molecule has 1 aromatic heterocycles. The average Bonchev–Trinajstić information content (AvgIpc) is 2.86. The molecule has 0 aliphatic heterocycles. The van der Waals surface area contributed by atoms with Gasteiger partial charge >= 0.3 is 5.97 Å². The summed E-state index contributed by atoms with van der Waals surface area (Å²) in [5.41, 5.74) is 1.11. The van der Waals surface area contributed by atoms with Crippen molar-refractivity contribution in [3.05, 3.63) is 58.9 Å². The number of hydrogen-bond acceptors (Lipinski definition) is 2. The van der Waals surface area contributed by atoms with Crippen LogP contribution in [0.4, 0.5) is 0 Å². The van der Waals surface area contributed by atoms with E-state index in [2.05, 4.69) is 5.32 Å². The summed E-state index contributed by atoms with van der Waals surface area (Å²) in [6, 6.07) is 10.2. The van der Waals surface area contributed by atoms with Crippen molar-refractivity contribution in [2.75, 3.05) is 0 Å². The summed E-state index contributed by atoms with van der Waals surface area (Å²) >= 11 is 6.09. The van der Waals surface area contributed by atoms with Gasteiger partial charge in [0.25, 0.3) is 5.91 Å². The quantitative estimate of drug-likeness (QED) is 0.892. The maximum absolute atomic E-state index is 12.2. The molecule has 6 heteroatoms. The Balaban J connectivity index is 2.13. The summed E-state index contributed by atoms with van der Waals surface area (Å²) in [5.74, 6) is -1.34. The molecule has 1 amide bonds. The number of benzene rings is 1. The Labute approximate surface area is 127 Å². The average molecular weight is 307 g/mol. The summed E-state index contributed by atoms with van der Waals surface area (Å²) in [6.07, 6.45) is 1.56. The zero-order valence-electron chi connectivity index (χ0n) is 11.4. The Morgan fingerprint density at radius 1 is 1.29 bits per heavy atom. The van der Waals surface area contributed by atoms with Crippen molar-refractivity contribution in [2.45, 2.75) is 19.5 Å². The third-order valence-electron chi connectivity index (χ3n) is 3.09. The van der Waals surface area contributed by atoms with E-state index in [-0.39, 0.29) is 18.5 Å². The van der Waals surface area contributed by atoms with E-state index >= 15 is 0 Å². The number of rotatable bonds is 5. The number of carboxylic acids is 1. The first-order chi connectivity index (χ1) is 9.99. The van der Waals surface area contributed by atoms with Crippen LogP contribution in [-0.2, 0) is 11.3 Å². The molecule has 0 bridgehead atoms. The lowest BCUT2D eigenvalue weighted by Crippen LogP contribution is -2.29. The van der Waals surface area contributed by atoms with E-state index in [4.69, 9.17) is 16.7 Å². The number of hydrogen-bond donors (Lipinski definition) is 2. The predicted molar refractivity (Wildman–Crippen MR) is 79.4 cm³/mol. The van der Waals surface area contributed by atoms with Crippen LogP contribution in [0, 0.1) is 0 Å². The minimum Gasteiger partial charge on any atom is -0.480 e.